The maximum atomic E-state index is 14.1. The van der Waals surface area contributed by atoms with Crippen molar-refractivity contribution in [2.24, 2.45) is 28.6 Å². The molecule has 0 amide bonds. The van der Waals surface area contributed by atoms with Crippen molar-refractivity contribution in [1.82, 2.24) is 0 Å². The molecule has 0 aromatic heterocycles. The van der Waals surface area contributed by atoms with Crippen LogP contribution in [0.25, 0.3) is 0 Å². The van der Waals surface area contributed by atoms with Gasteiger partial charge in [-0.05, 0) is 79.6 Å². The number of carbonyl (C=O) groups excluding carboxylic acids is 1. The zero-order chi connectivity index (χ0) is 15.7. The van der Waals surface area contributed by atoms with Crippen LogP contribution in [0.3, 0.4) is 0 Å². The Hall–Kier alpha value is -0.700. The average molecular weight is 306 g/mol. The highest BCUT2D eigenvalue weighted by Gasteiger charge is 2.59. The summed E-state index contributed by atoms with van der Waals surface area (Å²) in [6.07, 6.45) is 6.76. The first-order valence-corrected chi connectivity index (χ1v) is 8.93. The number of ketones is 1. The molecule has 0 heterocycles. The third kappa shape index (κ3) is 1.78. The van der Waals surface area contributed by atoms with E-state index in [0.29, 0.717) is 24.2 Å². The minimum atomic E-state index is -1.31. The van der Waals surface area contributed by atoms with Crippen LogP contribution in [0.1, 0.15) is 58.8 Å². The monoisotopic (exact) mass is 306 g/mol. The normalized spacial score (nSPS) is 54.3. The molecule has 2 nitrogen and oxygen atoms in total. The van der Waals surface area contributed by atoms with Crippen LogP contribution in [0.2, 0.25) is 0 Å². The fourth-order valence-electron chi connectivity index (χ4n) is 6.55. The quantitative estimate of drug-likeness (QED) is 0.738. The first kappa shape index (κ1) is 14.9. The summed E-state index contributed by atoms with van der Waals surface area (Å²) >= 11 is 0. The lowest BCUT2D eigenvalue weighted by Crippen LogP contribution is -2.52. The van der Waals surface area contributed by atoms with Crippen LogP contribution in [-0.4, -0.2) is 23.2 Å². The van der Waals surface area contributed by atoms with Gasteiger partial charge in [-0.3, -0.25) is 4.79 Å². The molecule has 0 saturated heterocycles. The fraction of sp³-hybridized carbons (Fsp3) is 0.842. The SMILES string of the molecule is C[C@]12CC[C@H]3[C@@H](CCC4=CC(=O)[C@H](F)C[C@@]43C)[C@H]1CC[C@@H]2O. The molecule has 0 unspecified atom stereocenters. The second-order valence-electron chi connectivity index (χ2n) is 8.71. The number of hydrogen-bond acceptors (Lipinski definition) is 2. The van der Waals surface area contributed by atoms with Crippen molar-refractivity contribution in [2.45, 2.75) is 71.1 Å². The number of alkyl halides is 1. The van der Waals surface area contributed by atoms with Crippen molar-refractivity contribution in [3.05, 3.63) is 11.6 Å². The number of carbonyl (C=O) groups is 1. The van der Waals surface area contributed by atoms with Crippen LogP contribution < -0.4 is 0 Å². The van der Waals surface area contributed by atoms with E-state index in [1.165, 1.54) is 5.57 Å². The van der Waals surface area contributed by atoms with Gasteiger partial charge in [0.1, 0.15) is 0 Å². The van der Waals surface area contributed by atoms with Gasteiger partial charge in [0.2, 0.25) is 0 Å². The zero-order valence-corrected chi connectivity index (χ0v) is 13.6. The molecule has 22 heavy (non-hydrogen) atoms. The summed E-state index contributed by atoms with van der Waals surface area (Å²) in [6, 6.07) is 0. The van der Waals surface area contributed by atoms with Crippen LogP contribution in [0.4, 0.5) is 4.39 Å². The van der Waals surface area contributed by atoms with Gasteiger partial charge in [-0.15, -0.1) is 0 Å². The number of halogens is 1. The molecular formula is C19H27FO2. The molecule has 0 spiro atoms. The highest BCUT2D eigenvalue weighted by Crippen LogP contribution is 2.65. The summed E-state index contributed by atoms with van der Waals surface area (Å²) in [7, 11) is 0. The molecule has 4 aliphatic rings. The van der Waals surface area contributed by atoms with Crippen LogP contribution in [0, 0.1) is 28.6 Å². The summed E-state index contributed by atoms with van der Waals surface area (Å²) in [5.41, 5.74) is 1.14. The molecule has 4 rings (SSSR count). The smallest absolute Gasteiger partial charge is 0.189 e. The van der Waals surface area contributed by atoms with Gasteiger partial charge < -0.3 is 5.11 Å². The number of hydrogen-bond donors (Lipinski definition) is 1. The molecule has 3 heteroatoms. The summed E-state index contributed by atoms with van der Waals surface area (Å²) in [4.78, 5) is 11.7. The largest absolute Gasteiger partial charge is 0.393 e. The Morgan fingerprint density at radius 3 is 2.73 bits per heavy atom. The second-order valence-corrected chi connectivity index (χ2v) is 8.71. The number of aliphatic hydroxyl groups excluding tert-OH is 1. The lowest BCUT2D eigenvalue weighted by atomic mass is 9.47. The van der Waals surface area contributed by atoms with Crippen molar-refractivity contribution in [3.63, 3.8) is 0 Å². The third-order valence-electron chi connectivity index (χ3n) is 7.91. The van der Waals surface area contributed by atoms with Crippen molar-refractivity contribution >= 4 is 5.78 Å². The topological polar surface area (TPSA) is 37.3 Å². The Morgan fingerprint density at radius 1 is 1.18 bits per heavy atom. The lowest BCUT2D eigenvalue weighted by molar-refractivity contribution is -0.124. The summed E-state index contributed by atoms with van der Waals surface area (Å²) in [6.45, 7) is 4.46. The number of allylic oxidation sites excluding steroid dienone is 1. The van der Waals surface area contributed by atoms with Gasteiger partial charge in [0.05, 0.1) is 6.10 Å². The minimum Gasteiger partial charge on any atom is -0.393 e. The van der Waals surface area contributed by atoms with Gasteiger partial charge in [0.15, 0.2) is 12.0 Å². The average Bonchev–Trinajstić information content (AvgIpc) is 2.77. The molecule has 0 aromatic rings. The number of aliphatic hydroxyl groups is 1. The van der Waals surface area contributed by atoms with Crippen molar-refractivity contribution in [3.8, 4) is 0 Å². The predicted molar refractivity (Wildman–Crippen MR) is 83.0 cm³/mol. The van der Waals surface area contributed by atoms with Gasteiger partial charge in [0.25, 0.3) is 0 Å². The van der Waals surface area contributed by atoms with E-state index in [9.17, 15) is 14.3 Å². The maximum absolute atomic E-state index is 14.1. The van der Waals surface area contributed by atoms with Gasteiger partial charge >= 0.3 is 0 Å². The molecule has 1 N–H and O–H groups in total. The highest BCUT2D eigenvalue weighted by atomic mass is 19.1. The van der Waals surface area contributed by atoms with Gasteiger partial charge in [-0.25, -0.2) is 4.39 Å². The molecule has 122 valence electrons. The van der Waals surface area contributed by atoms with Gasteiger partial charge in [-0.2, -0.15) is 0 Å². The first-order valence-electron chi connectivity index (χ1n) is 8.93. The van der Waals surface area contributed by atoms with Gasteiger partial charge in [0, 0.05) is 0 Å². The number of rotatable bonds is 0. The van der Waals surface area contributed by atoms with Crippen molar-refractivity contribution in [2.75, 3.05) is 0 Å². The van der Waals surface area contributed by atoms with Crippen molar-refractivity contribution in [1.29, 1.82) is 0 Å². The highest BCUT2D eigenvalue weighted by molar-refractivity contribution is 5.95. The van der Waals surface area contributed by atoms with E-state index in [1.807, 2.05) is 0 Å². The van der Waals surface area contributed by atoms with Crippen LogP contribution >= 0.6 is 0 Å². The molecular weight excluding hydrogens is 279 g/mol. The molecule has 3 fully saturated rings. The van der Waals surface area contributed by atoms with Crippen LogP contribution in [0.15, 0.2) is 11.6 Å². The predicted octanol–water partition coefficient (Wildman–Crippen LogP) is 3.83. The van der Waals surface area contributed by atoms with Crippen molar-refractivity contribution < 1.29 is 14.3 Å². The third-order valence-corrected chi connectivity index (χ3v) is 7.91. The van der Waals surface area contributed by atoms with Crippen LogP contribution in [-0.2, 0) is 4.79 Å². The summed E-state index contributed by atoms with van der Waals surface area (Å²) in [5.74, 6) is 1.35. The molecule has 0 radical (unpaired) electrons. The Morgan fingerprint density at radius 2 is 1.95 bits per heavy atom. The van der Waals surface area contributed by atoms with Crippen LogP contribution in [0.5, 0.6) is 0 Å². The molecule has 0 aromatic carbocycles. The van der Waals surface area contributed by atoms with E-state index in [1.54, 1.807) is 6.08 Å². The van der Waals surface area contributed by atoms with E-state index in [0.717, 1.165) is 38.5 Å². The second kappa shape index (κ2) is 4.66. The fourth-order valence-corrected chi connectivity index (χ4v) is 6.55. The number of fused-ring (bicyclic) bond motifs is 5. The van der Waals surface area contributed by atoms with E-state index in [-0.39, 0.29) is 22.7 Å². The molecule has 0 bridgehead atoms. The summed E-state index contributed by atoms with van der Waals surface area (Å²) < 4.78 is 14.1. The Kier molecular flexibility index (Phi) is 3.15. The van der Waals surface area contributed by atoms with E-state index in [4.69, 9.17) is 0 Å². The standard InChI is InChI=1S/C19H27FO2/c1-18-8-7-14-12(13(18)5-6-17(18)22)4-3-11-9-16(21)15(20)10-19(11,14)2/h9,12-15,17,22H,3-8,10H2,1-2H3/t12-,13+,14-,15+,17-,18-,19-/m0/s1. The Labute approximate surface area is 132 Å². The Bertz CT molecular complexity index is 542. The Balaban J connectivity index is 1.70. The van der Waals surface area contributed by atoms with E-state index in [2.05, 4.69) is 13.8 Å². The van der Waals surface area contributed by atoms with E-state index < -0.39 is 6.17 Å². The molecule has 7 atom stereocenters. The molecule has 4 aliphatic carbocycles. The summed E-state index contributed by atoms with van der Waals surface area (Å²) in [5, 5.41) is 10.4. The molecule has 0 aliphatic heterocycles. The lowest BCUT2D eigenvalue weighted by Gasteiger charge is -2.57. The first-order chi connectivity index (χ1) is 10.4. The van der Waals surface area contributed by atoms with E-state index >= 15 is 0 Å². The maximum Gasteiger partial charge on any atom is 0.189 e. The molecule has 3 saturated carbocycles. The van der Waals surface area contributed by atoms with Gasteiger partial charge in [-0.1, -0.05) is 19.4 Å². The minimum absolute atomic E-state index is 0.0678. The zero-order valence-electron chi connectivity index (χ0n) is 13.6.